The van der Waals surface area contributed by atoms with E-state index < -0.39 is 0 Å². The Balaban J connectivity index is 1.82. The van der Waals surface area contributed by atoms with Gasteiger partial charge in [-0.15, -0.1) is 5.10 Å². The van der Waals surface area contributed by atoms with Crippen molar-refractivity contribution >= 4 is 22.4 Å². The minimum atomic E-state index is -0.252. The molecule has 0 N–H and O–H groups in total. The molecule has 0 aliphatic rings. The molecule has 154 valence electrons. The highest BCUT2D eigenvalue weighted by Crippen LogP contribution is 2.38. The van der Waals surface area contributed by atoms with Crippen molar-refractivity contribution in [2.24, 2.45) is 0 Å². The van der Waals surface area contributed by atoms with Gasteiger partial charge in [0.2, 0.25) is 10.7 Å². The summed E-state index contributed by atoms with van der Waals surface area (Å²) in [4.78, 5) is 17.9. The summed E-state index contributed by atoms with van der Waals surface area (Å²) in [6.07, 6.45) is 1.75. The van der Waals surface area contributed by atoms with Crippen LogP contribution in [-0.4, -0.2) is 43.0 Å². The van der Waals surface area contributed by atoms with Gasteiger partial charge in [0.15, 0.2) is 17.3 Å². The van der Waals surface area contributed by atoms with Gasteiger partial charge in [-0.3, -0.25) is 4.79 Å². The first-order chi connectivity index (χ1) is 14.6. The summed E-state index contributed by atoms with van der Waals surface area (Å²) < 4.78 is 23.2. The fourth-order valence-electron chi connectivity index (χ4n) is 3.11. The molecule has 4 rings (SSSR count). The molecule has 2 heterocycles. The molecule has 0 aliphatic carbocycles. The maximum atomic E-state index is 12.9. The molecule has 0 unspecified atom stereocenters. The number of hydrogen-bond donors (Lipinski definition) is 0. The zero-order valence-electron chi connectivity index (χ0n) is 16.8. The zero-order chi connectivity index (χ0) is 21.3. The molecule has 0 saturated heterocycles. The Hall–Kier alpha value is -3.59. The van der Waals surface area contributed by atoms with Gasteiger partial charge >= 0.3 is 0 Å². The van der Waals surface area contributed by atoms with Crippen LogP contribution in [0.5, 0.6) is 23.0 Å². The van der Waals surface area contributed by atoms with Crippen molar-refractivity contribution in [1.29, 1.82) is 0 Å². The number of nitrogens with zero attached hydrogens (tertiary/aromatic N) is 3. The summed E-state index contributed by atoms with van der Waals surface area (Å²) in [7, 11) is 6.21. The largest absolute Gasteiger partial charge is 0.496 e. The number of para-hydroxylation sites is 1. The SMILES string of the molecule is COc1ccccc1-c1nc2sc(=Cc3cc(OC)c(OC)c(OC)c3)c(=O)n2n1. The molecule has 4 aromatic rings. The summed E-state index contributed by atoms with van der Waals surface area (Å²) in [5.41, 5.74) is 1.21. The standard InChI is InChI=1S/C21H19N3O5S/c1-26-14-8-6-5-7-13(14)19-22-21-24(23-19)20(25)17(30-21)11-12-9-15(27-2)18(29-4)16(10-12)28-3/h5-11H,1-4H3. The van der Waals surface area contributed by atoms with E-state index in [1.807, 2.05) is 24.3 Å². The van der Waals surface area contributed by atoms with E-state index in [1.54, 1.807) is 46.6 Å². The molecule has 0 radical (unpaired) electrons. The number of benzene rings is 2. The van der Waals surface area contributed by atoms with Crippen molar-refractivity contribution in [2.75, 3.05) is 28.4 Å². The van der Waals surface area contributed by atoms with Crippen molar-refractivity contribution in [2.45, 2.75) is 0 Å². The normalized spacial score (nSPS) is 11.7. The molecule has 0 amide bonds. The van der Waals surface area contributed by atoms with E-state index in [-0.39, 0.29) is 5.56 Å². The molecule has 30 heavy (non-hydrogen) atoms. The van der Waals surface area contributed by atoms with Crippen molar-refractivity contribution in [3.8, 4) is 34.4 Å². The second kappa shape index (κ2) is 8.03. The van der Waals surface area contributed by atoms with Crippen LogP contribution in [0.15, 0.2) is 41.2 Å². The van der Waals surface area contributed by atoms with Gasteiger partial charge in [-0.2, -0.15) is 9.50 Å². The lowest BCUT2D eigenvalue weighted by atomic mass is 10.1. The second-order valence-electron chi connectivity index (χ2n) is 6.20. The molecule has 0 saturated carbocycles. The summed E-state index contributed by atoms with van der Waals surface area (Å²) in [5, 5.41) is 4.38. The number of fused-ring (bicyclic) bond motifs is 1. The van der Waals surface area contributed by atoms with Gasteiger partial charge in [-0.25, -0.2) is 0 Å². The van der Waals surface area contributed by atoms with Gasteiger partial charge < -0.3 is 18.9 Å². The summed E-state index contributed by atoms with van der Waals surface area (Å²) in [6, 6.07) is 11.0. The van der Waals surface area contributed by atoms with Gasteiger partial charge in [0.1, 0.15) is 5.75 Å². The molecule has 0 aliphatic heterocycles. The van der Waals surface area contributed by atoms with Crippen molar-refractivity contribution in [3.05, 3.63) is 56.8 Å². The van der Waals surface area contributed by atoms with Crippen LogP contribution < -0.4 is 29.0 Å². The Labute approximate surface area is 175 Å². The Morgan fingerprint density at radius 3 is 2.20 bits per heavy atom. The monoisotopic (exact) mass is 425 g/mol. The molecule has 0 atom stereocenters. The highest BCUT2D eigenvalue weighted by atomic mass is 32.1. The van der Waals surface area contributed by atoms with Crippen LogP contribution in [0, 0.1) is 0 Å². The summed E-state index contributed by atoms with van der Waals surface area (Å²) >= 11 is 1.25. The first kappa shape index (κ1) is 19.7. The summed E-state index contributed by atoms with van der Waals surface area (Å²) in [6.45, 7) is 0. The maximum absolute atomic E-state index is 12.9. The Morgan fingerprint density at radius 1 is 0.933 bits per heavy atom. The third-order valence-electron chi connectivity index (χ3n) is 4.51. The first-order valence-electron chi connectivity index (χ1n) is 8.94. The van der Waals surface area contributed by atoms with E-state index in [0.29, 0.717) is 38.3 Å². The van der Waals surface area contributed by atoms with E-state index in [1.165, 1.54) is 15.9 Å². The van der Waals surface area contributed by atoms with Gasteiger partial charge in [0.05, 0.1) is 38.5 Å². The molecule has 0 spiro atoms. The van der Waals surface area contributed by atoms with Crippen molar-refractivity contribution in [1.82, 2.24) is 14.6 Å². The first-order valence-corrected chi connectivity index (χ1v) is 9.76. The lowest BCUT2D eigenvalue weighted by molar-refractivity contribution is 0.324. The van der Waals surface area contributed by atoms with E-state index in [0.717, 1.165) is 11.1 Å². The number of thiazole rings is 1. The predicted molar refractivity (Wildman–Crippen MR) is 114 cm³/mol. The van der Waals surface area contributed by atoms with Gasteiger partial charge in [-0.05, 0) is 35.9 Å². The molecule has 2 aromatic heterocycles. The number of methoxy groups -OCH3 is 4. The topological polar surface area (TPSA) is 84.2 Å². The van der Waals surface area contributed by atoms with E-state index >= 15 is 0 Å². The lowest BCUT2D eigenvalue weighted by Gasteiger charge is -2.12. The molecule has 8 nitrogen and oxygen atoms in total. The van der Waals surface area contributed by atoms with Gasteiger partial charge in [-0.1, -0.05) is 23.5 Å². The Kier molecular flexibility index (Phi) is 5.28. The second-order valence-corrected chi connectivity index (χ2v) is 7.21. The van der Waals surface area contributed by atoms with Crippen LogP contribution >= 0.6 is 11.3 Å². The molecule has 9 heteroatoms. The number of aromatic nitrogens is 3. The molecule has 2 aromatic carbocycles. The number of rotatable bonds is 6. The van der Waals surface area contributed by atoms with Crippen LogP contribution in [0.25, 0.3) is 22.4 Å². The number of hydrogen-bond acceptors (Lipinski definition) is 8. The fourth-order valence-corrected chi connectivity index (χ4v) is 4.02. The zero-order valence-corrected chi connectivity index (χ0v) is 17.6. The number of ether oxygens (including phenoxy) is 4. The Morgan fingerprint density at radius 2 is 1.60 bits per heavy atom. The average Bonchev–Trinajstić information content (AvgIpc) is 3.32. The fraction of sp³-hybridized carbons (Fsp3) is 0.190. The smallest absolute Gasteiger partial charge is 0.291 e. The molecule has 0 bridgehead atoms. The molecule has 0 fully saturated rings. The predicted octanol–water partition coefficient (Wildman–Crippen LogP) is 2.40. The third kappa shape index (κ3) is 3.33. The molecular weight excluding hydrogens is 406 g/mol. The van der Waals surface area contributed by atoms with E-state index in [4.69, 9.17) is 18.9 Å². The van der Waals surface area contributed by atoms with E-state index in [9.17, 15) is 4.79 Å². The lowest BCUT2D eigenvalue weighted by Crippen LogP contribution is -2.23. The average molecular weight is 425 g/mol. The van der Waals surface area contributed by atoms with Crippen molar-refractivity contribution in [3.63, 3.8) is 0 Å². The summed E-state index contributed by atoms with van der Waals surface area (Å²) in [5.74, 6) is 2.59. The highest BCUT2D eigenvalue weighted by Gasteiger charge is 2.16. The van der Waals surface area contributed by atoms with Crippen LogP contribution in [-0.2, 0) is 0 Å². The maximum Gasteiger partial charge on any atom is 0.291 e. The minimum Gasteiger partial charge on any atom is -0.496 e. The van der Waals surface area contributed by atoms with Crippen LogP contribution in [0.4, 0.5) is 0 Å². The quantitative estimate of drug-likeness (QED) is 0.469. The van der Waals surface area contributed by atoms with E-state index in [2.05, 4.69) is 10.1 Å². The van der Waals surface area contributed by atoms with Crippen LogP contribution in [0.1, 0.15) is 5.56 Å². The molecular formula is C21H19N3O5S. The van der Waals surface area contributed by atoms with Crippen LogP contribution in [0.3, 0.4) is 0 Å². The van der Waals surface area contributed by atoms with Crippen LogP contribution in [0.2, 0.25) is 0 Å². The van der Waals surface area contributed by atoms with Gasteiger partial charge in [0, 0.05) is 0 Å². The van der Waals surface area contributed by atoms with Crippen molar-refractivity contribution < 1.29 is 18.9 Å². The third-order valence-corrected chi connectivity index (χ3v) is 5.47. The minimum absolute atomic E-state index is 0.252. The highest BCUT2D eigenvalue weighted by molar-refractivity contribution is 7.15. The van der Waals surface area contributed by atoms with Gasteiger partial charge in [0.25, 0.3) is 5.56 Å². The Bertz CT molecular complexity index is 1300.